The van der Waals surface area contributed by atoms with Crippen molar-refractivity contribution in [2.75, 3.05) is 18.6 Å². The summed E-state index contributed by atoms with van der Waals surface area (Å²) in [5.41, 5.74) is 5.39. The highest BCUT2D eigenvalue weighted by Gasteiger charge is 2.13. The van der Waals surface area contributed by atoms with Crippen molar-refractivity contribution in [3.63, 3.8) is 0 Å². The molecule has 3 nitrogen and oxygen atoms in total. The Bertz CT molecular complexity index is 164. The molecule has 2 atom stereocenters. The van der Waals surface area contributed by atoms with E-state index in [0.29, 0.717) is 6.54 Å². The molecule has 0 aliphatic carbocycles. The van der Waals surface area contributed by atoms with E-state index < -0.39 is 0 Å². The third-order valence-corrected chi connectivity index (χ3v) is 2.83. The molecule has 0 fully saturated rings. The van der Waals surface area contributed by atoms with Gasteiger partial charge in [0.2, 0.25) is 5.91 Å². The lowest BCUT2D eigenvalue weighted by Crippen LogP contribution is -2.37. The Kier molecular flexibility index (Phi) is 7.99. The number of thioether (sulfide) groups is 1. The van der Waals surface area contributed by atoms with Crippen LogP contribution in [0.2, 0.25) is 0 Å². The molecular weight excluding hydrogens is 196 g/mol. The van der Waals surface area contributed by atoms with E-state index in [1.807, 2.05) is 13.8 Å². The van der Waals surface area contributed by atoms with Gasteiger partial charge in [0, 0.05) is 12.0 Å². The molecule has 2 unspecified atom stereocenters. The normalized spacial score (nSPS) is 14.9. The third-order valence-electron chi connectivity index (χ3n) is 2.19. The summed E-state index contributed by atoms with van der Waals surface area (Å²) in [6.45, 7) is 4.54. The Morgan fingerprint density at radius 2 is 2.07 bits per heavy atom. The molecule has 4 heteroatoms. The van der Waals surface area contributed by atoms with Crippen molar-refractivity contribution in [3.05, 3.63) is 0 Å². The lowest BCUT2D eigenvalue weighted by molar-refractivity contribution is -0.125. The van der Waals surface area contributed by atoms with Crippen LogP contribution in [-0.2, 0) is 4.79 Å². The van der Waals surface area contributed by atoms with Gasteiger partial charge in [0.25, 0.3) is 0 Å². The standard InChI is InChI=1S/C10H22N2OS/c1-8(4-6-11)10(13)12-9(2)5-7-14-3/h8-9H,4-7,11H2,1-3H3,(H,12,13). The number of amides is 1. The van der Waals surface area contributed by atoms with E-state index in [9.17, 15) is 4.79 Å². The van der Waals surface area contributed by atoms with Crippen LogP contribution in [-0.4, -0.2) is 30.5 Å². The van der Waals surface area contributed by atoms with Gasteiger partial charge in [-0.1, -0.05) is 6.92 Å². The summed E-state index contributed by atoms with van der Waals surface area (Å²) in [5, 5.41) is 2.99. The molecule has 0 aliphatic rings. The number of nitrogens with one attached hydrogen (secondary N) is 1. The van der Waals surface area contributed by atoms with Gasteiger partial charge in [-0.2, -0.15) is 11.8 Å². The van der Waals surface area contributed by atoms with Gasteiger partial charge in [0.15, 0.2) is 0 Å². The summed E-state index contributed by atoms with van der Waals surface area (Å²) in [4.78, 5) is 11.5. The zero-order valence-corrected chi connectivity index (χ0v) is 10.2. The monoisotopic (exact) mass is 218 g/mol. The molecule has 0 rings (SSSR count). The number of carbonyl (C=O) groups excluding carboxylic acids is 1. The van der Waals surface area contributed by atoms with Gasteiger partial charge in [-0.15, -0.1) is 0 Å². The average Bonchev–Trinajstić information content (AvgIpc) is 2.15. The van der Waals surface area contributed by atoms with E-state index in [2.05, 4.69) is 11.6 Å². The van der Waals surface area contributed by atoms with E-state index in [1.165, 1.54) is 0 Å². The molecule has 0 aromatic carbocycles. The highest BCUT2D eigenvalue weighted by atomic mass is 32.2. The molecule has 0 saturated carbocycles. The van der Waals surface area contributed by atoms with Gasteiger partial charge in [-0.25, -0.2) is 0 Å². The molecule has 0 heterocycles. The second-order valence-corrected chi connectivity index (χ2v) is 4.66. The minimum absolute atomic E-state index is 0.0386. The molecule has 0 aromatic rings. The van der Waals surface area contributed by atoms with E-state index in [-0.39, 0.29) is 17.9 Å². The second kappa shape index (κ2) is 8.12. The number of rotatable bonds is 7. The molecular formula is C10H22N2OS. The van der Waals surface area contributed by atoms with Crippen molar-refractivity contribution >= 4 is 17.7 Å². The third kappa shape index (κ3) is 6.27. The minimum Gasteiger partial charge on any atom is -0.353 e. The lowest BCUT2D eigenvalue weighted by Gasteiger charge is -2.16. The highest BCUT2D eigenvalue weighted by molar-refractivity contribution is 7.98. The van der Waals surface area contributed by atoms with Crippen LogP contribution in [0, 0.1) is 5.92 Å². The van der Waals surface area contributed by atoms with Gasteiger partial charge in [-0.3, -0.25) is 4.79 Å². The summed E-state index contributed by atoms with van der Waals surface area (Å²) >= 11 is 1.80. The maximum atomic E-state index is 11.5. The number of hydrogen-bond acceptors (Lipinski definition) is 3. The van der Waals surface area contributed by atoms with E-state index >= 15 is 0 Å². The minimum atomic E-state index is 0.0386. The zero-order chi connectivity index (χ0) is 11.0. The summed E-state index contributed by atoms with van der Waals surface area (Å²) in [6.07, 6.45) is 3.87. The first-order valence-electron chi connectivity index (χ1n) is 5.11. The Labute approximate surface area is 91.2 Å². The van der Waals surface area contributed by atoms with E-state index in [0.717, 1.165) is 18.6 Å². The maximum absolute atomic E-state index is 11.5. The SMILES string of the molecule is CSCCC(C)NC(=O)C(C)CCN. The molecule has 0 radical (unpaired) electrons. The molecule has 0 spiro atoms. The Balaban J connectivity index is 3.69. The summed E-state index contributed by atoms with van der Waals surface area (Å²) < 4.78 is 0. The second-order valence-electron chi connectivity index (χ2n) is 3.67. The van der Waals surface area contributed by atoms with Crippen LogP contribution in [0.3, 0.4) is 0 Å². The molecule has 14 heavy (non-hydrogen) atoms. The first kappa shape index (κ1) is 13.8. The van der Waals surface area contributed by atoms with Crippen LogP contribution in [0.25, 0.3) is 0 Å². The van der Waals surface area contributed by atoms with Crippen molar-refractivity contribution < 1.29 is 4.79 Å². The predicted octanol–water partition coefficient (Wildman–Crippen LogP) is 1.23. The highest BCUT2D eigenvalue weighted by Crippen LogP contribution is 2.03. The summed E-state index contributed by atoms with van der Waals surface area (Å²) in [5.74, 6) is 1.26. The summed E-state index contributed by atoms with van der Waals surface area (Å²) in [7, 11) is 0. The Morgan fingerprint density at radius 3 is 2.57 bits per heavy atom. The van der Waals surface area contributed by atoms with Crippen molar-refractivity contribution in [2.24, 2.45) is 11.7 Å². The number of nitrogens with two attached hydrogens (primary N) is 1. The molecule has 84 valence electrons. The molecule has 1 amide bonds. The maximum Gasteiger partial charge on any atom is 0.223 e. The molecule has 3 N–H and O–H groups in total. The fourth-order valence-electron chi connectivity index (χ4n) is 1.13. The van der Waals surface area contributed by atoms with Crippen LogP contribution in [0.15, 0.2) is 0 Å². The smallest absolute Gasteiger partial charge is 0.223 e. The zero-order valence-electron chi connectivity index (χ0n) is 9.38. The number of hydrogen-bond donors (Lipinski definition) is 2. The molecule has 0 bridgehead atoms. The van der Waals surface area contributed by atoms with Gasteiger partial charge >= 0.3 is 0 Å². The quantitative estimate of drug-likeness (QED) is 0.676. The van der Waals surface area contributed by atoms with Gasteiger partial charge in [0.1, 0.15) is 0 Å². The van der Waals surface area contributed by atoms with E-state index in [4.69, 9.17) is 5.73 Å². The van der Waals surface area contributed by atoms with Crippen molar-refractivity contribution in [1.82, 2.24) is 5.32 Å². The van der Waals surface area contributed by atoms with Crippen LogP contribution >= 0.6 is 11.8 Å². The van der Waals surface area contributed by atoms with Crippen LogP contribution in [0.4, 0.5) is 0 Å². The lowest BCUT2D eigenvalue weighted by atomic mass is 10.1. The topological polar surface area (TPSA) is 55.1 Å². The van der Waals surface area contributed by atoms with Crippen molar-refractivity contribution in [2.45, 2.75) is 32.7 Å². The molecule has 0 aliphatic heterocycles. The van der Waals surface area contributed by atoms with Crippen LogP contribution in [0.5, 0.6) is 0 Å². The summed E-state index contributed by atoms with van der Waals surface area (Å²) in [6, 6.07) is 0.273. The van der Waals surface area contributed by atoms with Crippen molar-refractivity contribution in [3.8, 4) is 0 Å². The Hall–Kier alpha value is -0.220. The van der Waals surface area contributed by atoms with E-state index in [1.54, 1.807) is 11.8 Å². The van der Waals surface area contributed by atoms with Crippen molar-refractivity contribution in [1.29, 1.82) is 0 Å². The number of carbonyl (C=O) groups is 1. The predicted molar refractivity (Wildman–Crippen MR) is 63.4 cm³/mol. The largest absolute Gasteiger partial charge is 0.353 e. The first-order chi connectivity index (χ1) is 6.61. The molecule has 0 aromatic heterocycles. The van der Waals surface area contributed by atoms with Gasteiger partial charge in [0.05, 0.1) is 0 Å². The molecule has 0 saturated heterocycles. The van der Waals surface area contributed by atoms with Crippen LogP contribution in [0.1, 0.15) is 26.7 Å². The fourth-order valence-corrected chi connectivity index (χ4v) is 1.72. The van der Waals surface area contributed by atoms with Crippen LogP contribution < -0.4 is 11.1 Å². The van der Waals surface area contributed by atoms with Gasteiger partial charge < -0.3 is 11.1 Å². The first-order valence-corrected chi connectivity index (χ1v) is 6.50. The Morgan fingerprint density at radius 1 is 1.43 bits per heavy atom. The fraction of sp³-hybridized carbons (Fsp3) is 0.900. The van der Waals surface area contributed by atoms with Gasteiger partial charge in [-0.05, 0) is 38.3 Å². The average molecular weight is 218 g/mol.